The van der Waals surface area contributed by atoms with Crippen LogP contribution >= 0.6 is 0 Å². The molecule has 2 aliphatic rings. The highest BCUT2D eigenvalue weighted by Gasteiger charge is 2.33. The van der Waals surface area contributed by atoms with Crippen LogP contribution in [-0.2, 0) is 0 Å². The summed E-state index contributed by atoms with van der Waals surface area (Å²) < 4.78 is 0. The van der Waals surface area contributed by atoms with Gasteiger partial charge in [0.2, 0.25) is 0 Å². The molecule has 0 spiro atoms. The zero-order valence-electron chi connectivity index (χ0n) is 18.3. The maximum Gasteiger partial charge on any atom is 0.261 e. The molecule has 0 unspecified atom stereocenters. The van der Waals surface area contributed by atoms with Gasteiger partial charge in [0.05, 0.1) is 0 Å². The third kappa shape index (κ3) is 3.29. The zero-order chi connectivity index (χ0) is 22.5. The number of imide groups is 1. The van der Waals surface area contributed by atoms with Crippen molar-refractivity contribution >= 4 is 33.5 Å². The van der Waals surface area contributed by atoms with Crippen LogP contribution in [0.3, 0.4) is 0 Å². The van der Waals surface area contributed by atoms with Crippen LogP contribution in [0.2, 0.25) is 0 Å². The van der Waals surface area contributed by atoms with Gasteiger partial charge in [-0.05, 0) is 67.1 Å². The summed E-state index contributed by atoms with van der Waals surface area (Å²) in [6, 6.07) is 16.8. The number of amides is 2. The molecule has 1 fully saturated rings. The Kier molecular flexibility index (Phi) is 4.69. The van der Waals surface area contributed by atoms with Gasteiger partial charge in [-0.25, -0.2) is 0 Å². The number of hydrogen-bond donors (Lipinski definition) is 2. The van der Waals surface area contributed by atoms with E-state index in [-0.39, 0.29) is 17.6 Å². The number of carbonyl (C=O) groups is 2. The van der Waals surface area contributed by atoms with Crippen molar-refractivity contribution in [1.82, 2.24) is 14.8 Å². The number of aromatic amines is 1. The number of likely N-dealkylation sites (tertiary alicyclic amines) is 1. The molecule has 0 aliphatic carbocycles. The number of nitrogens with one attached hydrogen (secondary N) is 1. The molecule has 2 amide bonds. The number of hydrogen-bond acceptors (Lipinski definition) is 4. The number of rotatable bonds is 4. The third-order valence-corrected chi connectivity index (χ3v) is 7.22. The highest BCUT2D eigenvalue weighted by atomic mass is 16.3. The molecule has 0 radical (unpaired) electrons. The largest absolute Gasteiger partial charge is 0.508 e. The fourth-order valence-electron chi connectivity index (χ4n) is 5.47. The number of aromatic nitrogens is 1. The van der Waals surface area contributed by atoms with Crippen LogP contribution in [0.25, 0.3) is 21.7 Å². The first-order chi connectivity index (χ1) is 16.1. The van der Waals surface area contributed by atoms with Gasteiger partial charge < -0.3 is 15.0 Å². The lowest BCUT2D eigenvalue weighted by Gasteiger charge is -2.34. The van der Waals surface area contributed by atoms with Gasteiger partial charge in [-0.15, -0.1) is 0 Å². The van der Waals surface area contributed by atoms with Gasteiger partial charge in [0, 0.05) is 52.8 Å². The van der Waals surface area contributed by atoms with Crippen molar-refractivity contribution in [2.45, 2.75) is 18.8 Å². The molecule has 6 rings (SSSR count). The van der Waals surface area contributed by atoms with E-state index in [0.29, 0.717) is 30.1 Å². The lowest BCUT2D eigenvalue weighted by atomic mass is 9.89. The molecule has 3 heterocycles. The van der Waals surface area contributed by atoms with Crippen molar-refractivity contribution in [2.75, 3.05) is 26.2 Å². The zero-order valence-corrected chi connectivity index (χ0v) is 18.3. The van der Waals surface area contributed by atoms with Gasteiger partial charge in [0.15, 0.2) is 0 Å². The Hall–Kier alpha value is -3.64. The number of carbonyl (C=O) groups excluding carboxylic acids is 2. The molecule has 0 atom stereocenters. The maximum atomic E-state index is 13.1. The molecule has 2 aliphatic heterocycles. The van der Waals surface area contributed by atoms with Crippen LogP contribution in [0.15, 0.2) is 60.8 Å². The van der Waals surface area contributed by atoms with Crippen LogP contribution in [-0.4, -0.2) is 57.9 Å². The Labute approximate surface area is 191 Å². The number of H-pyrrole nitrogens is 1. The summed E-state index contributed by atoms with van der Waals surface area (Å²) in [5.74, 6) is 0.344. The fourth-order valence-corrected chi connectivity index (χ4v) is 5.47. The van der Waals surface area contributed by atoms with Crippen LogP contribution in [0.5, 0.6) is 5.75 Å². The average Bonchev–Trinajstić information content (AvgIpc) is 3.25. The highest BCUT2D eigenvalue weighted by molar-refractivity contribution is 6.25. The van der Waals surface area contributed by atoms with E-state index in [0.717, 1.165) is 42.2 Å². The Bertz CT molecular complexity index is 1350. The molecular formula is C27H25N3O3. The van der Waals surface area contributed by atoms with E-state index in [1.807, 2.05) is 42.5 Å². The van der Waals surface area contributed by atoms with Gasteiger partial charge in [-0.2, -0.15) is 0 Å². The number of piperidine rings is 1. The van der Waals surface area contributed by atoms with Gasteiger partial charge in [-0.3, -0.25) is 14.5 Å². The molecule has 166 valence electrons. The summed E-state index contributed by atoms with van der Waals surface area (Å²) in [6.07, 6.45) is 4.11. The normalized spacial score (nSPS) is 17.4. The van der Waals surface area contributed by atoms with Gasteiger partial charge in [0.25, 0.3) is 11.8 Å². The Morgan fingerprint density at radius 3 is 2.30 bits per heavy atom. The molecule has 6 heteroatoms. The minimum Gasteiger partial charge on any atom is -0.508 e. The predicted octanol–water partition coefficient (Wildman–Crippen LogP) is 4.50. The average molecular weight is 440 g/mol. The first kappa shape index (κ1) is 20.0. The summed E-state index contributed by atoms with van der Waals surface area (Å²) >= 11 is 0. The number of benzene rings is 3. The van der Waals surface area contributed by atoms with E-state index in [2.05, 4.69) is 16.1 Å². The van der Waals surface area contributed by atoms with Crippen LogP contribution in [0.1, 0.15) is 45.0 Å². The molecule has 1 saturated heterocycles. The van der Waals surface area contributed by atoms with Crippen LogP contribution in [0, 0.1) is 0 Å². The number of fused-ring (bicyclic) bond motifs is 1. The first-order valence-corrected chi connectivity index (χ1v) is 11.5. The SMILES string of the molecule is O=C1c2cccc3cccc(c23)C(=O)N1CCN1CCC(c2c[nH]c3cc(O)ccc23)CC1. The quantitative estimate of drug-likeness (QED) is 0.459. The minimum atomic E-state index is -0.193. The highest BCUT2D eigenvalue weighted by Crippen LogP contribution is 2.34. The number of phenolic OH excluding ortho intramolecular Hbond substituents is 1. The second-order valence-electron chi connectivity index (χ2n) is 9.06. The molecule has 2 N–H and O–H groups in total. The molecule has 0 bridgehead atoms. The summed E-state index contributed by atoms with van der Waals surface area (Å²) in [7, 11) is 0. The maximum absolute atomic E-state index is 13.1. The molecule has 0 saturated carbocycles. The lowest BCUT2D eigenvalue weighted by Crippen LogP contribution is -2.45. The van der Waals surface area contributed by atoms with Crippen molar-refractivity contribution in [1.29, 1.82) is 0 Å². The third-order valence-electron chi connectivity index (χ3n) is 7.22. The molecule has 6 nitrogen and oxygen atoms in total. The number of nitrogens with zero attached hydrogens (tertiary/aromatic N) is 2. The van der Waals surface area contributed by atoms with E-state index in [9.17, 15) is 14.7 Å². The Morgan fingerprint density at radius 1 is 0.909 bits per heavy atom. The van der Waals surface area contributed by atoms with Crippen LogP contribution < -0.4 is 0 Å². The molecule has 3 aromatic carbocycles. The second kappa shape index (κ2) is 7.74. The van der Waals surface area contributed by atoms with E-state index in [1.165, 1.54) is 15.8 Å². The minimum absolute atomic E-state index is 0.193. The van der Waals surface area contributed by atoms with E-state index in [1.54, 1.807) is 12.1 Å². The Balaban J connectivity index is 1.13. The first-order valence-electron chi connectivity index (χ1n) is 11.5. The summed E-state index contributed by atoms with van der Waals surface area (Å²) in [5, 5.41) is 12.6. The molecule has 33 heavy (non-hydrogen) atoms. The van der Waals surface area contributed by atoms with Crippen LogP contribution in [0.4, 0.5) is 0 Å². The summed E-state index contributed by atoms with van der Waals surface area (Å²) in [4.78, 5) is 33.2. The van der Waals surface area contributed by atoms with Crippen molar-refractivity contribution < 1.29 is 14.7 Å². The Morgan fingerprint density at radius 2 is 1.61 bits per heavy atom. The van der Waals surface area contributed by atoms with Crippen molar-refractivity contribution in [3.8, 4) is 5.75 Å². The molecule has 4 aromatic rings. The predicted molar refractivity (Wildman–Crippen MR) is 128 cm³/mol. The lowest BCUT2D eigenvalue weighted by molar-refractivity contribution is 0.0586. The van der Waals surface area contributed by atoms with Gasteiger partial charge >= 0.3 is 0 Å². The second-order valence-corrected chi connectivity index (χ2v) is 9.06. The number of aromatic hydroxyl groups is 1. The standard InChI is InChI=1S/C27H25N3O3/c31-19-7-8-20-23(16-28-24(20)15-19)17-9-11-29(12-10-17)13-14-30-26(32)21-5-1-3-18-4-2-6-22(25(18)21)27(30)33/h1-8,15-17,28,31H,9-14H2. The van der Waals surface area contributed by atoms with Crippen molar-refractivity contribution in [2.24, 2.45) is 0 Å². The fraction of sp³-hybridized carbons (Fsp3) is 0.259. The summed E-state index contributed by atoms with van der Waals surface area (Å²) in [5.41, 5.74) is 3.50. The molecular weight excluding hydrogens is 414 g/mol. The summed E-state index contributed by atoms with van der Waals surface area (Å²) in [6.45, 7) is 2.94. The molecule has 1 aromatic heterocycles. The van der Waals surface area contributed by atoms with E-state index < -0.39 is 0 Å². The monoisotopic (exact) mass is 439 g/mol. The van der Waals surface area contributed by atoms with E-state index in [4.69, 9.17) is 0 Å². The van der Waals surface area contributed by atoms with E-state index >= 15 is 0 Å². The van der Waals surface area contributed by atoms with Gasteiger partial charge in [-0.1, -0.05) is 24.3 Å². The smallest absolute Gasteiger partial charge is 0.261 e. The van der Waals surface area contributed by atoms with Gasteiger partial charge in [0.1, 0.15) is 5.75 Å². The van der Waals surface area contributed by atoms with Crippen molar-refractivity contribution in [3.05, 3.63) is 77.5 Å². The topological polar surface area (TPSA) is 76.6 Å². The number of phenols is 1. The van der Waals surface area contributed by atoms with Crippen molar-refractivity contribution in [3.63, 3.8) is 0 Å².